The lowest BCUT2D eigenvalue weighted by molar-refractivity contribution is -0.151. The topological polar surface area (TPSA) is 132 Å². The van der Waals surface area contributed by atoms with Crippen LogP contribution < -0.4 is 15.4 Å². The number of hydrogen-bond acceptors (Lipinski definition) is 8. The van der Waals surface area contributed by atoms with Gasteiger partial charge in [-0.1, -0.05) is 104 Å². The normalized spacial score (nSPS) is 25.6. The molecule has 11 nitrogen and oxygen atoms in total. The lowest BCUT2D eigenvalue weighted by atomic mass is 9.47. The molecule has 9 atom stereocenters. The molecule has 3 saturated carbocycles. The first-order valence-electron chi connectivity index (χ1n) is 29.5. The average molecular weight is 1030 g/mol. The molecule has 0 radical (unpaired) electrons. The molecule has 0 aromatic heterocycles. The largest absolute Gasteiger partial charge is 0.497 e. The third kappa shape index (κ3) is 17.6. The van der Waals surface area contributed by atoms with Gasteiger partial charge in [0, 0.05) is 43.4 Å². The third-order valence-electron chi connectivity index (χ3n) is 18.7. The molecule has 0 saturated heterocycles. The van der Waals surface area contributed by atoms with Gasteiger partial charge < -0.3 is 34.5 Å². The monoisotopic (exact) mass is 1030 g/mol. The number of fused-ring (bicyclic) bond motifs is 5. The van der Waals surface area contributed by atoms with E-state index in [1.807, 2.05) is 77.6 Å². The number of alkyl carbamates (subject to hydrolysis) is 2. The van der Waals surface area contributed by atoms with Crippen LogP contribution in [0.5, 0.6) is 5.75 Å². The van der Waals surface area contributed by atoms with Gasteiger partial charge in [-0.15, -0.1) is 0 Å². The number of amides is 3. The first kappa shape index (κ1) is 61.1. The van der Waals surface area contributed by atoms with E-state index in [9.17, 15) is 19.2 Å². The summed E-state index contributed by atoms with van der Waals surface area (Å²) in [4.78, 5) is 54.5. The van der Waals surface area contributed by atoms with Crippen molar-refractivity contribution in [1.82, 2.24) is 15.5 Å². The molecule has 1 aromatic rings. The number of carbonyl (C=O) groups excluding carboxylic acids is 4. The van der Waals surface area contributed by atoms with Crippen molar-refractivity contribution in [3.05, 3.63) is 41.5 Å². The molecule has 3 fully saturated rings. The van der Waals surface area contributed by atoms with Crippen LogP contribution in [-0.2, 0) is 30.4 Å². The predicted octanol–water partition coefficient (Wildman–Crippen LogP) is 15.3. The maximum atomic E-state index is 13.9. The van der Waals surface area contributed by atoms with Crippen molar-refractivity contribution in [2.75, 3.05) is 20.2 Å². The fraction of sp³-hybridized carbons (Fsp3) is 0.810. The Labute approximate surface area is 449 Å². The summed E-state index contributed by atoms with van der Waals surface area (Å²) in [6.07, 6.45) is 22.2. The van der Waals surface area contributed by atoms with Gasteiger partial charge in [-0.3, -0.25) is 9.59 Å². The van der Waals surface area contributed by atoms with E-state index in [0.717, 1.165) is 111 Å². The van der Waals surface area contributed by atoms with Gasteiger partial charge in [0.25, 0.3) is 0 Å². The van der Waals surface area contributed by atoms with Crippen LogP contribution in [0, 0.1) is 52.3 Å². The second-order valence-corrected chi connectivity index (χ2v) is 26.8. The Morgan fingerprint density at radius 3 is 2.11 bits per heavy atom. The summed E-state index contributed by atoms with van der Waals surface area (Å²) in [6, 6.07) is 7.45. The van der Waals surface area contributed by atoms with Gasteiger partial charge >= 0.3 is 18.2 Å². The smallest absolute Gasteiger partial charge is 0.408 e. The second kappa shape index (κ2) is 27.0. The Kier molecular flexibility index (Phi) is 22.3. The van der Waals surface area contributed by atoms with Crippen molar-refractivity contribution in [2.45, 2.75) is 254 Å². The van der Waals surface area contributed by atoms with Crippen LogP contribution in [0.2, 0.25) is 0 Å². The van der Waals surface area contributed by atoms with Crippen LogP contribution in [-0.4, -0.2) is 71.9 Å². The minimum absolute atomic E-state index is 0.0239. The van der Waals surface area contributed by atoms with Gasteiger partial charge in [-0.25, -0.2) is 9.59 Å². The lowest BCUT2D eigenvalue weighted by Gasteiger charge is -2.58. The first-order chi connectivity index (χ1) is 34.8. The minimum Gasteiger partial charge on any atom is -0.497 e. The van der Waals surface area contributed by atoms with E-state index in [-0.39, 0.29) is 42.8 Å². The molecule has 420 valence electrons. The molecule has 0 heterocycles. The number of methoxy groups -OCH3 is 1. The molecule has 3 amide bonds. The van der Waals surface area contributed by atoms with Crippen LogP contribution in [0.15, 0.2) is 35.9 Å². The molecule has 0 bridgehead atoms. The number of esters is 1. The predicted molar refractivity (Wildman–Crippen MR) is 299 cm³/mol. The first-order valence-corrected chi connectivity index (χ1v) is 29.5. The highest BCUT2D eigenvalue weighted by molar-refractivity contribution is 5.77. The minimum atomic E-state index is -0.615. The number of rotatable bonds is 27. The van der Waals surface area contributed by atoms with Crippen LogP contribution in [0.3, 0.4) is 0 Å². The van der Waals surface area contributed by atoms with E-state index in [2.05, 4.69) is 58.3 Å². The number of benzene rings is 1. The van der Waals surface area contributed by atoms with Crippen LogP contribution in [0.4, 0.5) is 9.59 Å². The summed E-state index contributed by atoms with van der Waals surface area (Å²) in [5.41, 5.74) is 1.45. The fourth-order valence-corrected chi connectivity index (χ4v) is 14.2. The molecule has 0 spiro atoms. The van der Waals surface area contributed by atoms with Gasteiger partial charge in [0.2, 0.25) is 5.91 Å². The van der Waals surface area contributed by atoms with E-state index in [0.29, 0.717) is 31.3 Å². The molecular weight excluding hydrogens is 927 g/mol. The highest BCUT2D eigenvalue weighted by Gasteiger charge is 2.59. The van der Waals surface area contributed by atoms with Crippen molar-refractivity contribution < 1.29 is 38.1 Å². The summed E-state index contributed by atoms with van der Waals surface area (Å²) < 4.78 is 22.4. The summed E-state index contributed by atoms with van der Waals surface area (Å²) in [5, 5.41) is 6.01. The van der Waals surface area contributed by atoms with E-state index >= 15 is 0 Å². The molecule has 1 aromatic carbocycles. The standard InChI is InChI=1S/C63H105N3O8/c1-15-47(44(2)3)27-24-45(4)52-32-33-53-51-31-28-48-42-50(34-37-62(48,12)54(51)35-38-63(52,53)13)73-56(68)23-21-22-55(67)66(41-39-61(10,11)65-58(70)74-59(5,6)7)40-20-18-16-17-19-36-60(8,9)64-57(69)72-43-46-25-29-49(71-14)30-26-46/h25-26,28-30,44-45,47,50-54H,15-24,27,31-43H2,1-14H3,(H,64,69)(H,65,70)/t45?,47?,50-,51-,52+,53-,54-,62-,63+/m0/s1. The fourth-order valence-electron chi connectivity index (χ4n) is 14.2. The summed E-state index contributed by atoms with van der Waals surface area (Å²) in [5.74, 6) is 6.16. The van der Waals surface area contributed by atoms with Crippen molar-refractivity contribution in [3.8, 4) is 5.75 Å². The number of nitrogens with zero attached hydrogens (tertiary/aromatic N) is 1. The van der Waals surface area contributed by atoms with E-state index in [1.165, 1.54) is 56.9 Å². The zero-order valence-electron chi connectivity index (χ0n) is 49.2. The Morgan fingerprint density at radius 1 is 0.757 bits per heavy atom. The zero-order valence-corrected chi connectivity index (χ0v) is 49.2. The van der Waals surface area contributed by atoms with Crippen LogP contribution in [0.25, 0.3) is 0 Å². The Bertz CT molecular complexity index is 1990. The molecule has 74 heavy (non-hydrogen) atoms. The van der Waals surface area contributed by atoms with Gasteiger partial charge in [-0.2, -0.15) is 0 Å². The lowest BCUT2D eigenvalue weighted by Crippen LogP contribution is -2.51. The zero-order chi connectivity index (χ0) is 54.5. The average Bonchev–Trinajstić information content (AvgIpc) is 3.68. The Morgan fingerprint density at radius 2 is 1.43 bits per heavy atom. The highest BCUT2D eigenvalue weighted by atomic mass is 16.6. The SMILES string of the molecule is CCC(CCC(C)[C@H]1CC[C@H]2[C@@H]3CC=C4C[C@@H](OC(=O)CCCC(=O)N(CCCCCCCC(C)(C)NC(=O)OCc5ccc(OC)cc5)CCC(C)(C)NC(=O)OC(C)(C)C)CC[C@]4(C)[C@H]3CC[C@]12C)C(C)C. The second-order valence-electron chi connectivity index (χ2n) is 26.8. The Balaban J connectivity index is 1.06. The number of unbranched alkanes of at least 4 members (excludes halogenated alkanes) is 4. The molecule has 5 rings (SSSR count). The van der Waals surface area contributed by atoms with Gasteiger partial charge in [0.05, 0.1) is 7.11 Å². The van der Waals surface area contributed by atoms with Crippen molar-refractivity contribution >= 4 is 24.1 Å². The van der Waals surface area contributed by atoms with Gasteiger partial charge in [0.1, 0.15) is 24.1 Å². The maximum Gasteiger partial charge on any atom is 0.408 e. The highest BCUT2D eigenvalue weighted by Crippen LogP contribution is 2.67. The number of nitrogens with one attached hydrogen (secondary N) is 2. The molecule has 0 aliphatic heterocycles. The molecule has 4 aliphatic rings. The van der Waals surface area contributed by atoms with Crippen molar-refractivity contribution in [1.29, 1.82) is 0 Å². The quantitative estimate of drug-likeness (QED) is 0.0385. The van der Waals surface area contributed by atoms with Crippen LogP contribution >= 0.6 is 0 Å². The number of allylic oxidation sites excluding steroid dienone is 1. The number of hydrogen-bond donors (Lipinski definition) is 2. The van der Waals surface area contributed by atoms with Crippen LogP contribution in [0.1, 0.15) is 230 Å². The summed E-state index contributed by atoms with van der Waals surface area (Å²) in [7, 11) is 1.62. The molecule has 4 aliphatic carbocycles. The van der Waals surface area contributed by atoms with E-state index in [4.69, 9.17) is 18.9 Å². The van der Waals surface area contributed by atoms with Crippen molar-refractivity contribution in [3.63, 3.8) is 0 Å². The number of carbonyl (C=O) groups is 4. The molecule has 2 N–H and O–H groups in total. The molecule has 2 unspecified atom stereocenters. The Hall–Kier alpha value is -3.76. The third-order valence-corrected chi connectivity index (χ3v) is 18.7. The van der Waals surface area contributed by atoms with Gasteiger partial charge in [0.15, 0.2) is 0 Å². The van der Waals surface area contributed by atoms with E-state index < -0.39 is 28.9 Å². The number of ether oxygens (including phenoxy) is 4. The molecular formula is C63H105N3O8. The molecule has 11 heteroatoms. The van der Waals surface area contributed by atoms with Gasteiger partial charge in [-0.05, 0) is 195 Å². The van der Waals surface area contributed by atoms with Crippen molar-refractivity contribution in [2.24, 2.45) is 52.3 Å². The summed E-state index contributed by atoms with van der Waals surface area (Å²) >= 11 is 0. The summed E-state index contributed by atoms with van der Waals surface area (Å²) in [6.45, 7) is 29.7. The maximum absolute atomic E-state index is 13.9. The van der Waals surface area contributed by atoms with E-state index in [1.54, 1.807) is 7.11 Å².